The molecule has 0 saturated heterocycles. The Morgan fingerprint density at radius 3 is 2.79 bits per heavy atom. The van der Waals surface area contributed by atoms with Crippen molar-refractivity contribution < 1.29 is 9.18 Å². The minimum atomic E-state index is -0.686. The normalized spacial score (nSPS) is 12.5. The molecule has 4 nitrogen and oxygen atoms in total. The zero-order chi connectivity index (χ0) is 10.7. The summed E-state index contributed by atoms with van der Waals surface area (Å²) in [4.78, 5) is 14.5. The lowest BCUT2D eigenvalue weighted by Crippen LogP contribution is -2.18. The number of pyridine rings is 1. The maximum atomic E-state index is 13.2. The van der Waals surface area contributed by atoms with Crippen LogP contribution in [0.3, 0.4) is 0 Å². The molecule has 0 radical (unpaired) electrons. The van der Waals surface area contributed by atoms with Crippen LogP contribution in [0.2, 0.25) is 0 Å². The first-order chi connectivity index (χ1) is 6.56. The molecule has 1 rings (SSSR count). The van der Waals surface area contributed by atoms with Crippen LogP contribution in [0.1, 0.15) is 35.6 Å². The van der Waals surface area contributed by atoms with Gasteiger partial charge in [-0.25, -0.2) is 9.37 Å². The Bertz CT molecular complexity index is 354. The summed E-state index contributed by atoms with van der Waals surface area (Å²) in [5.41, 5.74) is 10.7. The highest BCUT2D eigenvalue weighted by Gasteiger charge is 2.13. The summed E-state index contributed by atoms with van der Waals surface area (Å²) in [6.45, 7) is 1.81. The van der Waals surface area contributed by atoms with Crippen molar-refractivity contribution in [3.8, 4) is 0 Å². The summed E-state index contributed by atoms with van der Waals surface area (Å²) in [6.07, 6.45) is 0.548. The van der Waals surface area contributed by atoms with Gasteiger partial charge in [0.25, 0.3) is 5.91 Å². The summed E-state index contributed by atoms with van der Waals surface area (Å²) in [5, 5.41) is 0. The summed E-state index contributed by atoms with van der Waals surface area (Å²) in [6, 6.07) is 1.89. The van der Waals surface area contributed by atoms with Gasteiger partial charge in [-0.1, -0.05) is 6.92 Å². The number of carbonyl (C=O) groups is 1. The van der Waals surface area contributed by atoms with Crippen LogP contribution in [0, 0.1) is 5.82 Å². The molecule has 0 fully saturated rings. The van der Waals surface area contributed by atoms with Gasteiger partial charge in [-0.2, -0.15) is 0 Å². The van der Waals surface area contributed by atoms with Crippen molar-refractivity contribution in [1.82, 2.24) is 4.98 Å². The zero-order valence-corrected chi connectivity index (χ0v) is 7.83. The highest BCUT2D eigenvalue weighted by Crippen LogP contribution is 2.15. The fraction of sp³-hybridized carbons (Fsp3) is 0.333. The van der Waals surface area contributed by atoms with Crippen molar-refractivity contribution in [3.05, 3.63) is 29.3 Å². The van der Waals surface area contributed by atoms with E-state index in [0.717, 1.165) is 6.07 Å². The van der Waals surface area contributed by atoms with Crippen molar-refractivity contribution in [2.75, 3.05) is 0 Å². The summed E-state index contributed by atoms with van der Waals surface area (Å²) >= 11 is 0. The van der Waals surface area contributed by atoms with Crippen LogP contribution in [-0.2, 0) is 0 Å². The highest BCUT2D eigenvalue weighted by molar-refractivity contribution is 5.90. The lowest BCUT2D eigenvalue weighted by Gasteiger charge is -2.09. The van der Waals surface area contributed by atoms with Gasteiger partial charge < -0.3 is 11.5 Å². The summed E-state index contributed by atoms with van der Waals surface area (Å²) in [5.74, 6) is -1.20. The number of primary amides is 1. The van der Waals surface area contributed by atoms with Crippen molar-refractivity contribution in [2.45, 2.75) is 19.4 Å². The molecular formula is C9H12FN3O. The number of halogens is 1. The van der Waals surface area contributed by atoms with Gasteiger partial charge in [0.15, 0.2) is 0 Å². The molecule has 4 N–H and O–H groups in total. The van der Waals surface area contributed by atoms with E-state index in [1.807, 2.05) is 6.92 Å². The van der Waals surface area contributed by atoms with E-state index in [2.05, 4.69) is 4.98 Å². The Hall–Kier alpha value is -1.49. The van der Waals surface area contributed by atoms with Gasteiger partial charge in [0, 0.05) is 6.04 Å². The largest absolute Gasteiger partial charge is 0.364 e. The molecule has 0 aliphatic rings. The molecule has 14 heavy (non-hydrogen) atoms. The first-order valence-corrected chi connectivity index (χ1v) is 4.28. The summed E-state index contributed by atoms with van der Waals surface area (Å²) in [7, 11) is 0. The second kappa shape index (κ2) is 4.15. The van der Waals surface area contributed by atoms with Crippen LogP contribution in [0.4, 0.5) is 4.39 Å². The van der Waals surface area contributed by atoms with Gasteiger partial charge in [0.2, 0.25) is 0 Å². The van der Waals surface area contributed by atoms with E-state index in [-0.39, 0.29) is 11.4 Å². The van der Waals surface area contributed by atoms with Gasteiger partial charge in [0.1, 0.15) is 11.5 Å². The Kier molecular flexibility index (Phi) is 3.14. The highest BCUT2D eigenvalue weighted by atomic mass is 19.1. The molecule has 1 amide bonds. The molecule has 1 heterocycles. The SMILES string of the molecule is CCC(N)c1nc(C(N)=O)ccc1F. The Morgan fingerprint density at radius 1 is 1.64 bits per heavy atom. The van der Waals surface area contributed by atoms with Crippen molar-refractivity contribution >= 4 is 5.91 Å². The number of hydrogen-bond donors (Lipinski definition) is 2. The lowest BCUT2D eigenvalue weighted by molar-refractivity contribution is 0.0995. The molecule has 0 spiro atoms. The molecular weight excluding hydrogens is 185 g/mol. The van der Waals surface area contributed by atoms with Crippen molar-refractivity contribution in [2.24, 2.45) is 11.5 Å². The van der Waals surface area contributed by atoms with E-state index in [1.165, 1.54) is 6.07 Å². The molecule has 1 unspecified atom stereocenters. The third kappa shape index (κ3) is 2.05. The Balaban J connectivity index is 3.14. The van der Waals surface area contributed by atoms with Gasteiger partial charge >= 0.3 is 0 Å². The van der Waals surface area contributed by atoms with Crippen molar-refractivity contribution in [3.63, 3.8) is 0 Å². The molecule has 5 heteroatoms. The smallest absolute Gasteiger partial charge is 0.267 e. The molecule has 1 aromatic heterocycles. The Labute approximate surface area is 81.1 Å². The molecule has 1 atom stereocenters. The van der Waals surface area contributed by atoms with Crippen LogP contribution in [0.25, 0.3) is 0 Å². The van der Waals surface area contributed by atoms with Crippen molar-refractivity contribution in [1.29, 1.82) is 0 Å². The van der Waals surface area contributed by atoms with Gasteiger partial charge in [-0.15, -0.1) is 0 Å². The second-order valence-corrected chi connectivity index (χ2v) is 2.94. The molecule has 76 valence electrons. The molecule has 0 aliphatic heterocycles. The van der Waals surface area contributed by atoms with Crippen LogP contribution < -0.4 is 11.5 Å². The average Bonchev–Trinajstić information content (AvgIpc) is 2.17. The van der Waals surface area contributed by atoms with E-state index in [0.29, 0.717) is 6.42 Å². The second-order valence-electron chi connectivity index (χ2n) is 2.94. The monoisotopic (exact) mass is 197 g/mol. The van der Waals surface area contributed by atoms with Gasteiger partial charge in [0.05, 0.1) is 5.69 Å². The predicted molar refractivity (Wildman–Crippen MR) is 49.9 cm³/mol. The first-order valence-electron chi connectivity index (χ1n) is 4.28. The quantitative estimate of drug-likeness (QED) is 0.749. The number of aromatic nitrogens is 1. The van der Waals surface area contributed by atoms with Crippen LogP contribution in [-0.4, -0.2) is 10.9 Å². The first kappa shape index (κ1) is 10.6. The van der Waals surface area contributed by atoms with E-state index in [9.17, 15) is 9.18 Å². The molecule has 0 aromatic carbocycles. The zero-order valence-electron chi connectivity index (χ0n) is 7.83. The van der Waals surface area contributed by atoms with Gasteiger partial charge in [-0.3, -0.25) is 4.79 Å². The average molecular weight is 197 g/mol. The van der Waals surface area contributed by atoms with E-state index in [1.54, 1.807) is 0 Å². The maximum Gasteiger partial charge on any atom is 0.267 e. The Morgan fingerprint density at radius 2 is 2.29 bits per heavy atom. The predicted octanol–water partition coefficient (Wildman–Crippen LogP) is 0.729. The van der Waals surface area contributed by atoms with Crippen LogP contribution >= 0.6 is 0 Å². The third-order valence-electron chi connectivity index (χ3n) is 1.92. The summed E-state index contributed by atoms with van der Waals surface area (Å²) < 4.78 is 13.2. The number of carbonyl (C=O) groups excluding carboxylic acids is 1. The number of nitrogens with two attached hydrogens (primary N) is 2. The number of rotatable bonds is 3. The van der Waals surface area contributed by atoms with E-state index in [4.69, 9.17) is 11.5 Å². The topological polar surface area (TPSA) is 82.0 Å². The minimum Gasteiger partial charge on any atom is -0.364 e. The molecule has 0 aliphatic carbocycles. The fourth-order valence-corrected chi connectivity index (χ4v) is 1.05. The fourth-order valence-electron chi connectivity index (χ4n) is 1.05. The molecule has 0 saturated carbocycles. The van der Waals surface area contributed by atoms with E-state index < -0.39 is 17.8 Å². The minimum absolute atomic E-state index is 0.0327. The van der Waals surface area contributed by atoms with Gasteiger partial charge in [-0.05, 0) is 18.6 Å². The number of nitrogens with zero attached hydrogens (tertiary/aromatic N) is 1. The molecule has 0 bridgehead atoms. The standard InChI is InChI=1S/C9H12FN3O/c1-2-6(11)8-5(10)3-4-7(13-8)9(12)14/h3-4,6H,2,11H2,1H3,(H2,12,14). The van der Waals surface area contributed by atoms with E-state index >= 15 is 0 Å². The van der Waals surface area contributed by atoms with Crippen LogP contribution in [0.15, 0.2) is 12.1 Å². The van der Waals surface area contributed by atoms with Crippen LogP contribution in [0.5, 0.6) is 0 Å². The third-order valence-corrected chi connectivity index (χ3v) is 1.92. The lowest BCUT2D eigenvalue weighted by atomic mass is 10.1. The number of amides is 1. The maximum absolute atomic E-state index is 13.2. The molecule has 1 aromatic rings. The number of hydrogen-bond acceptors (Lipinski definition) is 3.